The molecule has 1 aliphatic heterocycles. The average Bonchev–Trinajstić information content (AvgIpc) is 3.03. The molecule has 0 aliphatic carbocycles. The van der Waals surface area contributed by atoms with Gasteiger partial charge in [-0.15, -0.1) is 11.8 Å². The lowest BCUT2D eigenvalue weighted by Crippen LogP contribution is -2.27. The number of ether oxygens (including phenoxy) is 2. The smallest absolute Gasteiger partial charge is 0.387 e. The number of alkyl halides is 2. The highest BCUT2D eigenvalue weighted by atomic mass is 32.2. The van der Waals surface area contributed by atoms with Gasteiger partial charge in [-0.3, -0.25) is 9.69 Å². The number of hydrogen-bond donors (Lipinski definition) is 0. The number of thioether (sulfide) groups is 1. The summed E-state index contributed by atoms with van der Waals surface area (Å²) in [4.78, 5) is 25.5. The third-order valence-electron chi connectivity index (χ3n) is 3.82. The third-order valence-corrected chi connectivity index (χ3v) is 5.04. The van der Waals surface area contributed by atoms with Crippen molar-refractivity contribution in [2.45, 2.75) is 12.0 Å². The second-order valence-corrected chi connectivity index (χ2v) is 6.48. The van der Waals surface area contributed by atoms with Crippen LogP contribution in [0, 0.1) is 0 Å². The molecule has 3 rings (SSSR count). The van der Waals surface area contributed by atoms with Crippen molar-refractivity contribution in [3.8, 4) is 5.75 Å². The second-order valence-electron chi connectivity index (χ2n) is 5.41. The molecule has 1 aliphatic rings. The summed E-state index contributed by atoms with van der Waals surface area (Å²) in [6.07, 6.45) is 0. The molecule has 1 heterocycles. The van der Waals surface area contributed by atoms with Crippen molar-refractivity contribution in [2.24, 2.45) is 0 Å². The van der Waals surface area contributed by atoms with E-state index in [-0.39, 0.29) is 17.0 Å². The molecule has 5 nitrogen and oxygen atoms in total. The highest BCUT2D eigenvalue weighted by molar-refractivity contribution is 8.00. The van der Waals surface area contributed by atoms with Crippen molar-refractivity contribution >= 4 is 29.3 Å². The van der Waals surface area contributed by atoms with E-state index in [1.807, 2.05) is 0 Å². The Hall–Kier alpha value is -2.61. The Kier molecular flexibility index (Phi) is 5.41. The fraction of sp³-hybridized carbons (Fsp3) is 0.222. The summed E-state index contributed by atoms with van der Waals surface area (Å²) in [5.41, 5.74) is 1.82. The van der Waals surface area contributed by atoms with Gasteiger partial charge < -0.3 is 9.47 Å². The van der Waals surface area contributed by atoms with E-state index in [4.69, 9.17) is 0 Å². The number of anilines is 1. The van der Waals surface area contributed by atoms with Crippen LogP contribution in [0.25, 0.3) is 0 Å². The largest absolute Gasteiger partial charge is 0.465 e. The minimum Gasteiger partial charge on any atom is -0.465 e. The van der Waals surface area contributed by atoms with E-state index in [1.54, 1.807) is 41.3 Å². The maximum atomic E-state index is 12.3. The van der Waals surface area contributed by atoms with Crippen LogP contribution in [0.15, 0.2) is 48.5 Å². The number of amides is 1. The van der Waals surface area contributed by atoms with Gasteiger partial charge in [0.25, 0.3) is 0 Å². The van der Waals surface area contributed by atoms with Crippen molar-refractivity contribution in [1.82, 2.24) is 0 Å². The number of hydrogen-bond acceptors (Lipinski definition) is 5. The first-order chi connectivity index (χ1) is 12.5. The standard InChI is InChI=1S/C18H15F2NO4S/c1-24-17(23)12-2-6-13(7-3-12)21-15(22)10-26-16(21)11-4-8-14(9-5-11)25-18(19)20/h2-9,16,18H,10H2,1H3. The van der Waals surface area contributed by atoms with E-state index in [0.717, 1.165) is 5.56 Å². The van der Waals surface area contributed by atoms with E-state index in [1.165, 1.54) is 31.0 Å². The zero-order valence-corrected chi connectivity index (χ0v) is 14.5. The lowest BCUT2D eigenvalue weighted by atomic mass is 10.1. The van der Waals surface area contributed by atoms with E-state index in [9.17, 15) is 18.4 Å². The van der Waals surface area contributed by atoms with Crippen molar-refractivity contribution in [3.05, 3.63) is 59.7 Å². The van der Waals surface area contributed by atoms with E-state index in [0.29, 0.717) is 17.0 Å². The summed E-state index contributed by atoms with van der Waals surface area (Å²) < 4.78 is 33.5. The fourth-order valence-electron chi connectivity index (χ4n) is 2.64. The summed E-state index contributed by atoms with van der Waals surface area (Å²) in [6, 6.07) is 12.7. The Labute approximate surface area is 152 Å². The number of esters is 1. The van der Waals surface area contributed by atoms with Gasteiger partial charge in [-0.05, 0) is 42.0 Å². The second kappa shape index (κ2) is 7.74. The molecule has 0 bridgehead atoms. The lowest BCUT2D eigenvalue weighted by molar-refractivity contribution is -0.115. The van der Waals surface area contributed by atoms with Crippen LogP contribution in [0.1, 0.15) is 21.3 Å². The Morgan fingerprint density at radius 3 is 2.38 bits per heavy atom. The van der Waals surface area contributed by atoms with Crippen molar-refractivity contribution in [3.63, 3.8) is 0 Å². The molecule has 0 saturated carbocycles. The number of halogens is 2. The quantitative estimate of drug-likeness (QED) is 0.739. The molecule has 0 N–H and O–H groups in total. The molecule has 0 aromatic heterocycles. The van der Waals surface area contributed by atoms with E-state index < -0.39 is 12.6 Å². The van der Waals surface area contributed by atoms with Gasteiger partial charge >= 0.3 is 12.6 Å². The summed E-state index contributed by atoms with van der Waals surface area (Å²) in [5.74, 6) is -0.158. The van der Waals surface area contributed by atoms with Gasteiger partial charge in [-0.2, -0.15) is 8.78 Å². The highest BCUT2D eigenvalue weighted by Gasteiger charge is 2.34. The van der Waals surface area contributed by atoms with Crippen LogP contribution in [-0.2, 0) is 9.53 Å². The molecule has 1 atom stereocenters. The van der Waals surface area contributed by atoms with Crippen LogP contribution < -0.4 is 9.64 Å². The topological polar surface area (TPSA) is 55.8 Å². The molecule has 0 radical (unpaired) electrons. The first-order valence-electron chi connectivity index (χ1n) is 7.66. The molecule has 2 aromatic rings. The normalized spacial score (nSPS) is 16.8. The monoisotopic (exact) mass is 379 g/mol. The number of nitrogens with zero attached hydrogens (tertiary/aromatic N) is 1. The first-order valence-corrected chi connectivity index (χ1v) is 8.71. The summed E-state index contributed by atoms with van der Waals surface area (Å²) in [7, 11) is 1.30. The average molecular weight is 379 g/mol. The number of carbonyl (C=O) groups is 2. The van der Waals surface area contributed by atoms with Crippen LogP contribution in [0.5, 0.6) is 5.75 Å². The Balaban J connectivity index is 1.83. The molecule has 1 saturated heterocycles. The van der Waals surface area contributed by atoms with Gasteiger partial charge in [-0.1, -0.05) is 12.1 Å². The van der Waals surface area contributed by atoms with Gasteiger partial charge in [0.05, 0.1) is 18.4 Å². The molecule has 0 spiro atoms. The number of rotatable bonds is 5. The number of benzene rings is 2. The molecule has 136 valence electrons. The number of carbonyl (C=O) groups excluding carboxylic acids is 2. The summed E-state index contributed by atoms with van der Waals surface area (Å²) in [5, 5.41) is -0.285. The minimum atomic E-state index is -2.88. The lowest BCUT2D eigenvalue weighted by Gasteiger charge is -2.24. The number of methoxy groups -OCH3 is 1. The van der Waals surface area contributed by atoms with Gasteiger partial charge in [-0.25, -0.2) is 4.79 Å². The summed E-state index contributed by atoms with van der Waals surface area (Å²) in [6.45, 7) is -2.88. The zero-order valence-electron chi connectivity index (χ0n) is 13.7. The summed E-state index contributed by atoms with van der Waals surface area (Å²) >= 11 is 1.44. The van der Waals surface area contributed by atoms with Gasteiger partial charge in [0.2, 0.25) is 5.91 Å². The van der Waals surface area contributed by atoms with Crippen molar-refractivity contribution in [1.29, 1.82) is 0 Å². The molecule has 2 aromatic carbocycles. The van der Waals surface area contributed by atoms with Crippen molar-refractivity contribution in [2.75, 3.05) is 17.8 Å². The van der Waals surface area contributed by atoms with Crippen molar-refractivity contribution < 1.29 is 27.8 Å². The molecule has 8 heteroatoms. The maximum absolute atomic E-state index is 12.3. The Bertz CT molecular complexity index is 796. The Morgan fingerprint density at radius 1 is 1.15 bits per heavy atom. The van der Waals surface area contributed by atoms with Crippen LogP contribution in [0.3, 0.4) is 0 Å². The minimum absolute atomic E-state index is 0.0621. The first kappa shape index (κ1) is 18.2. The molecule has 26 heavy (non-hydrogen) atoms. The Morgan fingerprint density at radius 2 is 1.81 bits per heavy atom. The molecule has 1 unspecified atom stereocenters. The molecular formula is C18H15F2NO4S. The van der Waals surface area contributed by atoms with Crippen LogP contribution in [0.2, 0.25) is 0 Å². The fourth-order valence-corrected chi connectivity index (χ4v) is 3.82. The zero-order chi connectivity index (χ0) is 18.7. The predicted molar refractivity (Wildman–Crippen MR) is 93.5 cm³/mol. The molecule has 1 fully saturated rings. The molecule has 1 amide bonds. The molecular weight excluding hydrogens is 364 g/mol. The maximum Gasteiger partial charge on any atom is 0.387 e. The van der Waals surface area contributed by atoms with Gasteiger partial charge in [0.1, 0.15) is 11.1 Å². The SMILES string of the molecule is COC(=O)c1ccc(N2C(=O)CSC2c2ccc(OC(F)F)cc2)cc1. The van der Waals surface area contributed by atoms with Crippen LogP contribution >= 0.6 is 11.8 Å². The van der Waals surface area contributed by atoms with Crippen LogP contribution in [0.4, 0.5) is 14.5 Å². The highest BCUT2D eigenvalue weighted by Crippen LogP contribution is 2.42. The van der Waals surface area contributed by atoms with Crippen LogP contribution in [-0.4, -0.2) is 31.4 Å². The predicted octanol–water partition coefficient (Wildman–Crippen LogP) is 3.85. The van der Waals surface area contributed by atoms with E-state index in [2.05, 4.69) is 9.47 Å². The third kappa shape index (κ3) is 3.80. The van der Waals surface area contributed by atoms with Gasteiger partial charge in [0, 0.05) is 5.69 Å². The van der Waals surface area contributed by atoms with E-state index >= 15 is 0 Å². The van der Waals surface area contributed by atoms with Gasteiger partial charge in [0.15, 0.2) is 0 Å².